The summed E-state index contributed by atoms with van der Waals surface area (Å²) < 4.78 is 0. The van der Waals surface area contributed by atoms with Crippen LogP contribution in [0.3, 0.4) is 0 Å². The molecule has 104 valence electrons. The van der Waals surface area contributed by atoms with Crippen molar-refractivity contribution < 1.29 is 14.7 Å². The average Bonchev–Trinajstić information content (AvgIpc) is 2.73. The molecule has 1 heterocycles. The van der Waals surface area contributed by atoms with E-state index in [0.29, 0.717) is 13.0 Å². The number of aryl methyl sites for hydroxylation is 1. The molecule has 2 rings (SSSR count). The van der Waals surface area contributed by atoms with Gasteiger partial charge in [-0.3, -0.25) is 14.7 Å². The molecule has 1 aromatic rings. The summed E-state index contributed by atoms with van der Waals surface area (Å²) in [6.45, 7) is 4.13. The van der Waals surface area contributed by atoms with E-state index in [-0.39, 0.29) is 5.91 Å². The lowest BCUT2D eigenvalue weighted by Gasteiger charge is -2.05. The number of rotatable bonds is 6. The minimum absolute atomic E-state index is 0.171. The Morgan fingerprint density at radius 3 is 2.74 bits per heavy atom. The van der Waals surface area contributed by atoms with Crippen molar-refractivity contribution in [1.82, 2.24) is 20.5 Å². The molecule has 1 aromatic heterocycles. The number of nitrogens with zero attached hydrogens (tertiary/aromatic N) is 2. The predicted molar refractivity (Wildman–Crippen MR) is 66.1 cm³/mol. The van der Waals surface area contributed by atoms with Crippen molar-refractivity contribution in [2.75, 3.05) is 6.54 Å². The first-order valence-corrected chi connectivity index (χ1v) is 6.29. The molecule has 7 heteroatoms. The van der Waals surface area contributed by atoms with Gasteiger partial charge in [-0.2, -0.15) is 5.10 Å². The third-order valence-corrected chi connectivity index (χ3v) is 3.73. The zero-order valence-electron chi connectivity index (χ0n) is 11.0. The Bertz CT molecular complexity index is 469. The Morgan fingerprint density at radius 2 is 2.21 bits per heavy atom. The molecule has 1 aliphatic carbocycles. The topological polar surface area (TPSA) is 108 Å². The van der Waals surface area contributed by atoms with E-state index in [4.69, 9.17) is 5.11 Å². The number of carboxylic acids is 1. The minimum atomic E-state index is -0.896. The van der Waals surface area contributed by atoms with Crippen LogP contribution in [0.1, 0.15) is 26.1 Å². The van der Waals surface area contributed by atoms with E-state index in [9.17, 15) is 9.59 Å². The maximum Gasteiger partial charge on any atom is 0.307 e. The fraction of sp³-hybridized carbons (Fsp3) is 0.667. The third kappa shape index (κ3) is 2.74. The standard InChI is InChI=1S/C12H18N4O3/c1-12(2)8(9(12)11(18)19)10(17)13-5-3-4-7-14-6-15-16-7/h6,8-9H,3-5H2,1-2H3,(H,13,17)(H,18,19)(H,14,15,16)/t8-,9+/m1/s1. The Labute approximate surface area is 110 Å². The molecule has 3 N–H and O–H groups in total. The van der Waals surface area contributed by atoms with E-state index in [2.05, 4.69) is 20.5 Å². The third-order valence-electron chi connectivity index (χ3n) is 3.73. The van der Waals surface area contributed by atoms with E-state index in [1.54, 1.807) is 0 Å². The first kappa shape index (κ1) is 13.5. The molecule has 19 heavy (non-hydrogen) atoms. The van der Waals surface area contributed by atoms with Gasteiger partial charge in [-0.1, -0.05) is 13.8 Å². The van der Waals surface area contributed by atoms with Crippen LogP contribution in [0.15, 0.2) is 6.33 Å². The van der Waals surface area contributed by atoms with Crippen LogP contribution in [0.5, 0.6) is 0 Å². The number of aliphatic carboxylic acids is 1. The molecule has 0 saturated heterocycles. The molecule has 1 saturated carbocycles. The van der Waals surface area contributed by atoms with Crippen molar-refractivity contribution in [2.45, 2.75) is 26.7 Å². The number of carboxylic acid groups (broad SMARTS) is 1. The monoisotopic (exact) mass is 266 g/mol. The van der Waals surface area contributed by atoms with Crippen LogP contribution in [0.25, 0.3) is 0 Å². The van der Waals surface area contributed by atoms with Crippen molar-refractivity contribution >= 4 is 11.9 Å². The van der Waals surface area contributed by atoms with Crippen LogP contribution in [-0.4, -0.2) is 38.7 Å². The summed E-state index contributed by atoms with van der Waals surface area (Å²) in [6.07, 6.45) is 2.89. The largest absolute Gasteiger partial charge is 0.481 e. The summed E-state index contributed by atoms with van der Waals surface area (Å²) in [6, 6.07) is 0. The van der Waals surface area contributed by atoms with Gasteiger partial charge >= 0.3 is 5.97 Å². The smallest absolute Gasteiger partial charge is 0.307 e. The van der Waals surface area contributed by atoms with Gasteiger partial charge in [0.2, 0.25) is 5.91 Å². The number of H-pyrrole nitrogens is 1. The number of aromatic nitrogens is 3. The van der Waals surface area contributed by atoms with Crippen LogP contribution in [0.2, 0.25) is 0 Å². The van der Waals surface area contributed by atoms with Gasteiger partial charge in [-0.05, 0) is 11.8 Å². The number of aromatic amines is 1. The molecular formula is C12H18N4O3. The van der Waals surface area contributed by atoms with Gasteiger partial charge < -0.3 is 10.4 Å². The van der Waals surface area contributed by atoms with Crippen LogP contribution in [-0.2, 0) is 16.0 Å². The second-order valence-electron chi connectivity index (χ2n) is 5.44. The summed E-state index contributed by atoms with van der Waals surface area (Å²) in [7, 11) is 0. The summed E-state index contributed by atoms with van der Waals surface area (Å²) in [5.41, 5.74) is -0.444. The van der Waals surface area contributed by atoms with Gasteiger partial charge in [-0.15, -0.1) is 0 Å². The van der Waals surface area contributed by atoms with Gasteiger partial charge in [0.05, 0.1) is 11.8 Å². The maximum absolute atomic E-state index is 11.9. The average molecular weight is 266 g/mol. The van der Waals surface area contributed by atoms with E-state index in [1.165, 1.54) is 6.33 Å². The van der Waals surface area contributed by atoms with Crippen molar-refractivity contribution in [3.8, 4) is 0 Å². The normalized spacial score (nSPS) is 23.9. The molecule has 1 amide bonds. The number of hydrogen-bond donors (Lipinski definition) is 3. The summed E-state index contributed by atoms with van der Waals surface area (Å²) in [5.74, 6) is -1.27. The summed E-state index contributed by atoms with van der Waals surface area (Å²) >= 11 is 0. The van der Waals surface area contributed by atoms with Crippen molar-refractivity contribution in [2.24, 2.45) is 17.3 Å². The van der Waals surface area contributed by atoms with Crippen LogP contribution >= 0.6 is 0 Å². The SMILES string of the molecule is CC1(C)[C@H](C(=O)O)[C@@H]1C(=O)NCCCc1ncn[nH]1. The van der Waals surface area contributed by atoms with E-state index in [1.807, 2.05) is 13.8 Å². The van der Waals surface area contributed by atoms with Crippen LogP contribution in [0.4, 0.5) is 0 Å². The van der Waals surface area contributed by atoms with Crippen molar-refractivity contribution in [3.63, 3.8) is 0 Å². The van der Waals surface area contributed by atoms with E-state index in [0.717, 1.165) is 12.2 Å². The lowest BCUT2D eigenvalue weighted by atomic mass is 10.1. The number of carbonyl (C=O) groups excluding carboxylic acids is 1. The van der Waals surface area contributed by atoms with Gasteiger partial charge in [0.25, 0.3) is 0 Å². The molecule has 0 aromatic carbocycles. The highest BCUT2D eigenvalue weighted by atomic mass is 16.4. The number of hydrogen-bond acceptors (Lipinski definition) is 4. The summed E-state index contributed by atoms with van der Waals surface area (Å²) in [5, 5.41) is 18.3. The number of carbonyl (C=O) groups is 2. The first-order valence-electron chi connectivity index (χ1n) is 6.29. The first-order chi connectivity index (χ1) is 8.94. The lowest BCUT2D eigenvalue weighted by molar-refractivity contribution is -0.140. The van der Waals surface area contributed by atoms with Crippen LogP contribution < -0.4 is 5.32 Å². The second-order valence-corrected chi connectivity index (χ2v) is 5.44. The molecule has 0 spiro atoms. The minimum Gasteiger partial charge on any atom is -0.481 e. The van der Waals surface area contributed by atoms with Crippen molar-refractivity contribution in [3.05, 3.63) is 12.2 Å². The molecule has 1 fully saturated rings. The van der Waals surface area contributed by atoms with Gasteiger partial charge in [0, 0.05) is 13.0 Å². The zero-order chi connectivity index (χ0) is 14.0. The van der Waals surface area contributed by atoms with Crippen molar-refractivity contribution in [1.29, 1.82) is 0 Å². The highest BCUT2D eigenvalue weighted by Gasteiger charge is 2.65. The quantitative estimate of drug-likeness (QED) is 0.638. The Balaban J connectivity index is 1.72. The number of amides is 1. The molecule has 1 aliphatic rings. The molecule has 0 unspecified atom stereocenters. The van der Waals surface area contributed by atoms with Gasteiger partial charge in [0.15, 0.2) is 0 Å². The fourth-order valence-electron chi connectivity index (χ4n) is 2.52. The Kier molecular flexibility index (Phi) is 3.55. The Morgan fingerprint density at radius 1 is 1.47 bits per heavy atom. The maximum atomic E-state index is 11.9. The molecule has 7 nitrogen and oxygen atoms in total. The fourth-order valence-corrected chi connectivity index (χ4v) is 2.52. The molecular weight excluding hydrogens is 248 g/mol. The molecule has 0 aliphatic heterocycles. The highest BCUT2D eigenvalue weighted by molar-refractivity contribution is 5.91. The molecule has 0 radical (unpaired) electrons. The summed E-state index contributed by atoms with van der Waals surface area (Å²) in [4.78, 5) is 26.8. The van der Waals surface area contributed by atoms with Crippen LogP contribution in [0, 0.1) is 17.3 Å². The van der Waals surface area contributed by atoms with E-state index < -0.39 is 23.2 Å². The zero-order valence-corrected chi connectivity index (χ0v) is 11.0. The lowest BCUT2D eigenvalue weighted by Crippen LogP contribution is -2.28. The highest BCUT2D eigenvalue weighted by Crippen LogP contribution is 2.58. The second kappa shape index (κ2) is 4.99. The van der Waals surface area contributed by atoms with Gasteiger partial charge in [0.1, 0.15) is 12.2 Å². The molecule has 0 bridgehead atoms. The van der Waals surface area contributed by atoms with E-state index >= 15 is 0 Å². The van der Waals surface area contributed by atoms with Gasteiger partial charge in [-0.25, -0.2) is 4.98 Å². The predicted octanol–water partition coefficient (Wildman–Crippen LogP) is 0.210. The number of nitrogens with one attached hydrogen (secondary N) is 2. The Hall–Kier alpha value is -1.92. The molecule has 2 atom stereocenters.